The van der Waals surface area contributed by atoms with Gasteiger partial charge in [0.25, 0.3) is 0 Å². The molecule has 0 heterocycles. The highest BCUT2D eigenvalue weighted by atomic mass is 32.2. The summed E-state index contributed by atoms with van der Waals surface area (Å²) in [6.07, 6.45) is 0. The van der Waals surface area contributed by atoms with Crippen LogP contribution in [0, 0.1) is 13.8 Å². The van der Waals surface area contributed by atoms with Crippen molar-refractivity contribution in [2.24, 2.45) is 0 Å². The zero-order valence-corrected chi connectivity index (χ0v) is 11.0. The van der Waals surface area contributed by atoms with Crippen molar-refractivity contribution < 1.29 is 4.21 Å². The first kappa shape index (κ1) is 12.1. The molecule has 0 aliphatic carbocycles. The summed E-state index contributed by atoms with van der Waals surface area (Å²) in [5.41, 5.74) is 3.34. The van der Waals surface area contributed by atoms with Crippen molar-refractivity contribution in [2.75, 3.05) is 0 Å². The van der Waals surface area contributed by atoms with E-state index < -0.39 is 10.8 Å². The third kappa shape index (κ3) is 2.83. The van der Waals surface area contributed by atoms with Gasteiger partial charge in [-0.1, -0.05) is 48.5 Å². The van der Waals surface area contributed by atoms with Crippen molar-refractivity contribution in [3.8, 4) is 0 Å². The van der Waals surface area contributed by atoms with Crippen LogP contribution >= 0.6 is 0 Å². The van der Waals surface area contributed by atoms with Crippen LogP contribution in [0.4, 0.5) is 0 Å². The molecule has 1 unspecified atom stereocenters. The number of benzene rings is 2. The third-order valence-corrected chi connectivity index (χ3v) is 4.47. The van der Waals surface area contributed by atoms with E-state index in [1.54, 1.807) is 0 Å². The Morgan fingerprint density at radius 1 is 0.882 bits per heavy atom. The minimum Gasteiger partial charge on any atom is -0.254 e. The highest BCUT2D eigenvalue weighted by Crippen LogP contribution is 2.20. The lowest BCUT2D eigenvalue weighted by Crippen LogP contribution is -2.01. The average molecular weight is 244 g/mol. The van der Waals surface area contributed by atoms with Crippen LogP contribution in [-0.2, 0) is 16.6 Å². The quantitative estimate of drug-likeness (QED) is 0.806. The number of hydrogen-bond acceptors (Lipinski definition) is 1. The minimum absolute atomic E-state index is 0.590. The summed E-state index contributed by atoms with van der Waals surface area (Å²) in [6.45, 7) is 4.04. The fraction of sp³-hybridized carbons (Fsp3) is 0.200. The summed E-state index contributed by atoms with van der Waals surface area (Å²) in [7, 11) is -0.958. The molecule has 0 N–H and O–H groups in total. The molecule has 0 amide bonds. The van der Waals surface area contributed by atoms with Gasteiger partial charge in [0, 0.05) is 4.90 Å². The van der Waals surface area contributed by atoms with Gasteiger partial charge < -0.3 is 0 Å². The van der Waals surface area contributed by atoms with Crippen molar-refractivity contribution in [3.05, 3.63) is 65.2 Å². The standard InChI is InChI=1S/C15H16OS/c1-12-7-6-8-13(2)15(12)17(16)11-14-9-4-3-5-10-14/h3-10H,11H2,1-2H3. The van der Waals surface area contributed by atoms with Gasteiger partial charge >= 0.3 is 0 Å². The molecule has 0 bridgehead atoms. The van der Waals surface area contributed by atoms with E-state index in [0.29, 0.717) is 5.75 Å². The fourth-order valence-electron chi connectivity index (χ4n) is 1.96. The van der Waals surface area contributed by atoms with Crippen LogP contribution in [0.25, 0.3) is 0 Å². The molecule has 17 heavy (non-hydrogen) atoms. The zero-order chi connectivity index (χ0) is 12.3. The molecular formula is C15H16OS. The van der Waals surface area contributed by atoms with Crippen molar-refractivity contribution >= 4 is 10.8 Å². The van der Waals surface area contributed by atoms with E-state index in [0.717, 1.165) is 21.6 Å². The maximum atomic E-state index is 12.4. The topological polar surface area (TPSA) is 17.1 Å². The lowest BCUT2D eigenvalue weighted by Gasteiger charge is -2.09. The molecule has 0 aliphatic heterocycles. The minimum atomic E-state index is -0.958. The van der Waals surface area contributed by atoms with E-state index in [1.165, 1.54) is 0 Å². The van der Waals surface area contributed by atoms with Gasteiger partial charge in [-0.05, 0) is 30.5 Å². The van der Waals surface area contributed by atoms with Crippen LogP contribution in [0.1, 0.15) is 16.7 Å². The molecule has 0 fully saturated rings. The summed E-state index contributed by atoms with van der Waals surface area (Å²) >= 11 is 0. The van der Waals surface area contributed by atoms with E-state index in [2.05, 4.69) is 0 Å². The molecule has 0 saturated carbocycles. The monoisotopic (exact) mass is 244 g/mol. The van der Waals surface area contributed by atoms with E-state index in [1.807, 2.05) is 62.4 Å². The third-order valence-electron chi connectivity index (χ3n) is 2.78. The second-order valence-corrected chi connectivity index (χ2v) is 5.58. The Balaban J connectivity index is 2.27. The van der Waals surface area contributed by atoms with Crippen LogP contribution in [-0.4, -0.2) is 4.21 Å². The van der Waals surface area contributed by atoms with Gasteiger partial charge in [-0.2, -0.15) is 0 Å². The highest BCUT2D eigenvalue weighted by Gasteiger charge is 2.10. The van der Waals surface area contributed by atoms with Gasteiger partial charge in [0.2, 0.25) is 0 Å². The summed E-state index contributed by atoms with van der Waals surface area (Å²) in [6, 6.07) is 16.0. The zero-order valence-electron chi connectivity index (χ0n) is 10.1. The number of aryl methyl sites for hydroxylation is 2. The van der Waals surface area contributed by atoms with Crippen molar-refractivity contribution in [1.82, 2.24) is 0 Å². The van der Waals surface area contributed by atoms with Crippen LogP contribution in [0.5, 0.6) is 0 Å². The molecule has 0 saturated heterocycles. The predicted molar refractivity (Wildman–Crippen MR) is 72.5 cm³/mol. The molecule has 0 spiro atoms. The molecule has 0 radical (unpaired) electrons. The lowest BCUT2D eigenvalue weighted by molar-refractivity contribution is 0.681. The van der Waals surface area contributed by atoms with E-state index in [9.17, 15) is 4.21 Å². The second kappa shape index (κ2) is 5.28. The van der Waals surface area contributed by atoms with Crippen LogP contribution in [0.15, 0.2) is 53.4 Å². The molecular weight excluding hydrogens is 228 g/mol. The van der Waals surface area contributed by atoms with Crippen molar-refractivity contribution in [1.29, 1.82) is 0 Å². The molecule has 2 aromatic carbocycles. The first-order chi connectivity index (χ1) is 8.18. The predicted octanol–water partition coefficient (Wildman–Crippen LogP) is 3.61. The second-order valence-electron chi connectivity index (χ2n) is 4.20. The van der Waals surface area contributed by atoms with Gasteiger partial charge in [-0.25, -0.2) is 0 Å². The molecule has 1 nitrogen and oxygen atoms in total. The summed E-state index contributed by atoms with van der Waals surface area (Å²) in [4.78, 5) is 0.983. The van der Waals surface area contributed by atoms with Gasteiger partial charge in [0.05, 0.1) is 16.6 Å². The molecule has 0 aromatic heterocycles. The van der Waals surface area contributed by atoms with Gasteiger partial charge in [0.1, 0.15) is 0 Å². The molecule has 1 atom stereocenters. The van der Waals surface area contributed by atoms with Crippen molar-refractivity contribution in [2.45, 2.75) is 24.5 Å². The Labute approximate surface area is 105 Å². The fourth-order valence-corrected chi connectivity index (χ4v) is 3.45. The highest BCUT2D eigenvalue weighted by molar-refractivity contribution is 7.84. The Morgan fingerprint density at radius 3 is 2.06 bits per heavy atom. The Bertz CT molecular complexity index is 512. The number of rotatable bonds is 3. The summed E-state index contributed by atoms with van der Waals surface area (Å²) in [5.74, 6) is 0.590. The van der Waals surface area contributed by atoms with E-state index in [-0.39, 0.29) is 0 Å². The van der Waals surface area contributed by atoms with Crippen LogP contribution < -0.4 is 0 Å². The normalized spacial score (nSPS) is 12.4. The summed E-state index contributed by atoms with van der Waals surface area (Å²) in [5, 5.41) is 0. The maximum Gasteiger partial charge on any atom is 0.0579 e. The van der Waals surface area contributed by atoms with Crippen LogP contribution in [0.3, 0.4) is 0 Å². The van der Waals surface area contributed by atoms with Crippen LogP contribution in [0.2, 0.25) is 0 Å². The average Bonchev–Trinajstić information content (AvgIpc) is 2.30. The number of hydrogen-bond donors (Lipinski definition) is 0. The molecule has 2 aromatic rings. The first-order valence-electron chi connectivity index (χ1n) is 5.67. The lowest BCUT2D eigenvalue weighted by atomic mass is 10.2. The molecule has 88 valence electrons. The van der Waals surface area contributed by atoms with Gasteiger partial charge in [0.15, 0.2) is 0 Å². The smallest absolute Gasteiger partial charge is 0.0579 e. The maximum absolute atomic E-state index is 12.4. The summed E-state index contributed by atoms with van der Waals surface area (Å²) < 4.78 is 12.4. The Kier molecular flexibility index (Phi) is 3.75. The largest absolute Gasteiger partial charge is 0.254 e. The van der Waals surface area contributed by atoms with Crippen molar-refractivity contribution in [3.63, 3.8) is 0 Å². The Morgan fingerprint density at radius 2 is 1.47 bits per heavy atom. The van der Waals surface area contributed by atoms with Gasteiger partial charge in [-0.3, -0.25) is 4.21 Å². The molecule has 2 rings (SSSR count). The molecule has 2 heteroatoms. The van der Waals surface area contributed by atoms with Gasteiger partial charge in [-0.15, -0.1) is 0 Å². The van der Waals surface area contributed by atoms with E-state index >= 15 is 0 Å². The Hall–Kier alpha value is -1.41. The first-order valence-corrected chi connectivity index (χ1v) is 6.99. The SMILES string of the molecule is Cc1cccc(C)c1S(=O)Cc1ccccc1. The van der Waals surface area contributed by atoms with E-state index in [4.69, 9.17) is 0 Å². The molecule has 0 aliphatic rings.